The number of hydrogen-bond donors (Lipinski definition) is 4. The van der Waals surface area contributed by atoms with Gasteiger partial charge in [-0.2, -0.15) is 0 Å². The van der Waals surface area contributed by atoms with Gasteiger partial charge in [-0.05, 0) is 38.8 Å². The van der Waals surface area contributed by atoms with Gasteiger partial charge in [0, 0.05) is 59.3 Å². The number of carbonyl (C=O) groups is 4. The maximum atomic E-state index is 12.6. The van der Waals surface area contributed by atoms with Gasteiger partial charge in [0.2, 0.25) is 11.5 Å². The van der Waals surface area contributed by atoms with Gasteiger partial charge in [-0.1, -0.05) is 26.7 Å². The minimum atomic E-state index is -1.39. The van der Waals surface area contributed by atoms with E-state index in [0.29, 0.717) is 47.8 Å². The fraction of sp³-hybridized carbons (Fsp3) is 0.263. The molecule has 0 bridgehead atoms. The Bertz CT molecular complexity index is 2630. The predicted molar refractivity (Wildman–Crippen MR) is 203 cm³/mol. The number of fused-ring (bicyclic) bond motifs is 4. The summed E-state index contributed by atoms with van der Waals surface area (Å²) in [6.07, 6.45) is 1.99. The third-order valence-electron chi connectivity index (χ3n) is 8.86. The van der Waals surface area contributed by atoms with Crippen molar-refractivity contribution in [1.82, 2.24) is 9.13 Å². The number of aromatic carboxylic acids is 4. The molecule has 55 heavy (non-hydrogen) atoms. The molecule has 16 nitrogen and oxygen atoms in total. The molecule has 0 saturated heterocycles. The third kappa shape index (κ3) is 7.61. The molecule has 0 fully saturated rings. The van der Waals surface area contributed by atoms with E-state index in [4.69, 9.17) is 8.83 Å². The van der Waals surface area contributed by atoms with Gasteiger partial charge in [0.25, 0.3) is 0 Å². The van der Waals surface area contributed by atoms with E-state index >= 15 is 0 Å². The van der Waals surface area contributed by atoms with E-state index in [1.807, 2.05) is 13.8 Å². The van der Waals surface area contributed by atoms with Crippen LogP contribution in [0.1, 0.15) is 93.7 Å². The number of pyridine rings is 2. The van der Waals surface area contributed by atoms with Crippen LogP contribution in [0.25, 0.3) is 43.7 Å². The van der Waals surface area contributed by atoms with Crippen molar-refractivity contribution in [3.05, 3.63) is 111 Å². The Balaban J connectivity index is 0.000000240. The summed E-state index contributed by atoms with van der Waals surface area (Å²) in [7, 11) is 0. The predicted octanol–water partition coefficient (Wildman–Crippen LogP) is 4.30. The van der Waals surface area contributed by atoms with Crippen LogP contribution < -0.4 is 21.7 Å². The molecule has 4 heterocycles. The number of aromatic nitrogens is 2. The first-order valence-electron chi connectivity index (χ1n) is 16.9. The van der Waals surface area contributed by atoms with E-state index in [-0.39, 0.29) is 86.7 Å². The first kappa shape index (κ1) is 41.9. The van der Waals surface area contributed by atoms with Gasteiger partial charge in [-0.15, -0.1) is 0 Å². The SMILES string of the molecule is CCCc1c2oc(C(=O)O)cc(=O)c2cc2c(=O)cc(C(=O)O)n(CC)c12.CCCc1c2oc(C(=O)O)cc(=O)c2cc2c(=O)cc(C(=O)O)n(CC)c12.[NaH]. The van der Waals surface area contributed by atoms with Gasteiger partial charge in [0.05, 0.1) is 21.8 Å². The summed E-state index contributed by atoms with van der Waals surface area (Å²) in [6.45, 7) is 7.76. The molecule has 4 N–H and O–H groups in total. The van der Waals surface area contributed by atoms with Crippen LogP contribution in [0.4, 0.5) is 0 Å². The van der Waals surface area contributed by atoms with Gasteiger partial charge in [-0.25, -0.2) is 19.2 Å². The molecular formula is C38H35N2NaO14. The number of aryl methyl sites for hydroxylation is 4. The molecule has 0 atom stereocenters. The van der Waals surface area contributed by atoms with Crippen LogP contribution in [0.3, 0.4) is 0 Å². The van der Waals surface area contributed by atoms with Crippen LogP contribution in [-0.4, -0.2) is 83.0 Å². The van der Waals surface area contributed by atoms with Crippen LogP contribution in [0, 0.1) is 0 Å². The molecule has 4 aromatic heterocycles. The third-order valence-corrected chi connectivity index (χ3v) is 8.86. The Kier molecular flexibility index (Phi) is 12.7. The summed E-state index contributed by atoms with van der Waals surface area (Å²) in [6, 6.07) is 6.50. The number of benzene rings is 2. The molecule has 0 radical (unpaired) electrons. The monoisotopic (exact) mass is 766 g/mol. The van der Waals surface area contributed by atoms with Gasteiger partial charge in [0.15, 0.2) is 21.7 Å². The normalized spacial score (nSPS) is 11.0. The summed E-state index contributed by atoms with van der Waals surface area (Å²) >= 11 is 0. The summed E-state index contributed by atoms with van der Waals surface area (Å²) in [5, 5.41) is 37.9. The zero-order valence-corrected chi connectivity index (χ0v) is 29.5. The first-order chi connectivity index (χ1) is 25.6. The fourth-order valence-electron chi connectivity index (χ4n) is 6.67. The van der Waals surface area contributed by atoms with Gasteiger partial charge >= 0.3 is 53.4 Å². The summed E-state index contributed by atoms with van der Waals surface area (Å²) < 4.78 is 13.9. The topological polar surface area (TPSA) is 254 Å². The van der Waals surface area contributed by atoms with Crippen LogP contribution >= 0.6 is 0 Å². The Morgan fingerprint density at radius 3 is 1.11 bits per heavy atom. The van der Waals surface area contributed by atoms with E-state index < -0.39 is 57.1 Å². The number of carboxylic acid groups (broad SMARTS) is 4. The first-order valence-corrected chi connectivity index (χ1v) is 16.9. The molecule has 282 valence electrons. The van der Waals surface area contributed by atoms with Crippen LogP contribution in [0.15, 0.2) is 64.4 Å². The minimum absolute atomic E-state index is 0. The van der Waals surface area contributed by atoms with Gasteiger partial charge in [-0.3, -0.25) is 19.2 Å². The quantitative estimate of drug-likeness (QED) is 0.112. The zero-order valence-electron chi connectivity index (χ0n) is 29.5. The van der Waals surface area contributed by atoms with Crippen molar-refractivity contribution in [2.75, 3.05) is 0 Å². The molecule has 0 aliphatic rings. The molecule has 0 unspecified atom stereocenters. The Hall–Kier alpha value is -5.84. The standard InChI is InChI=1S/2C19H17NO7.Na.H/c2*1-3-5-9-16-10(13(21)7-12(18(23)24)20(16)4-2)6-11-14(22)8-15(19(25)26)27-17(9)11;;/h2*6-8H,3-5H2,1-2H3,(H,23,24)(H,25,26);;. The Morgan fingerprint density at radius 2 is 0.836 bits per heavy atom. The van der Waals surface area contributed by atoms with E-state index in [1.165, 1.54) is 21.3 Å². The summed E-state index contributed by atoms with van der Waals surface area (Å²) in [4.78, 5) is 95.7. The van der Waals surface area contributed by atoms with Crippen molar-refractivity contribution in [3.8, 4) is 0 Å². The van der Waals surface area contributed by atoms with E-state index in [1.54, 1.807) is 13.8 Å². The average Bonchev–Trinajstić information content (AvgIpc) is 3.12. The molecule has 0 aliphatic heterocycles. The van der Waals surface area contributed by atoms with E-state index in [2.05, 4.69) is 0 Å². The molecule has 6 aromatic rings. The molecule has 2 aromatic carbocycles. The maximum absolute atomic E-state index is 12.6. The molecule has 6 rings (SSSR count). The van der Waals surface area contributed by atoms with Crippen LogP contribution in [0.2, 0.25) is 0 Å². The van der Waals surface area contributed by atoms with Gasteiger partial charge in [0.1, 0.15) is 22.6 Å². The summed E-state index contributed by atoms with van der Waals surface area (Å²) in [5.74, 6) is -6.29. The van der Waals surface area contributed by atoms with Crippen molar-refractivity contribution in [2.24, 2.45) is 0 Å². The van der Waals surface area contributed by atoms with Crippen molar-refractivity contribution >= 4 is 97.2 Å². The van der Waals surface area contributed by atoms with Crippen molar-refractivity contribution in [3.63, 3.8) is 0 Å². The number of carboxylic acids is 4. The molecule has 0 spiro atoms. The molecule has 0 saturated carbocycles. The van der Waals surface area contributed by atoms with Crippen LogP contribution in [-0.2, 0) is 25.9 Å². The van der Waals surface area contributed by atoms with Gasteiger partial charge < -0.3 is 38.4 Å². The second-order valence-electron chi connectivity index (χ2n) is 12.2. The molecular weight excluding hydrogens is 731 g/mol. The number of hydrogen-bond acceptors (Lipinski definition) is 10. The van der Waals surface area contributed by atoms with Crippen molar-refractivity contribution in [2.45, 2.75) is 66.5 Å². The molecule has 0 amide bonds. The Labute approximate surface area is 331 Å². The van der Waals surface area contributed by atoms with Crippen molar-refractivity contribution in [1.29, 1.82) is 0 Å². The van der Waals surface area contributed by atoms with E-state index in [0.717, 1.165) is 24.3 Å². The number of rotatable bonds is 10. The summed E-state index contributed by atoms with van der Waals surface area (Å²) in [5.41, 5.74) is -0.801. The van der Waals surface area contributed by atoms with Crippen molar-refractivity contribution < 1.29 is 48.4 Å². The Morgan fingerprint density at radius 1 is 0.509 bits per heavy atom. The second-order valence-corrected chi connectivity index (χ2v) is 12.2. The number of nitrogens with zero attached hydrogens (tertiary/aromatic N) is 2. The molecule has 0 aliphatic carbocycles. The zero-order chi connectivity index (χ0) is 39.8. The second kappa shape index (κ2) is 16.7. The van der Waals surface area contributed by atoms with Crippen LogP contribution in [0.5, 0.6) is 0 Å². The van der Waals surface area contributed by atoms with E-state index in [9.17, 15) is 58.8 Å². The average molecular weight is 767 g/mol. The fourth-order valence-corrected chi connectivity index (χ4v) is 6.67. The molecule has 17 heteroatoms.